The van der Waals surface area contributed by atoms with Crippen molar-refractivity contribution in [2.45, 2.75) is 25.2 Å². The Kier molecular flexibility index (Phi) is 4.43. The second-order valence-corrected chi connectivity index (χ2v) is 9.04. The number of nitrogens with one attached hydrogen (secondary N) is 1. The summed E-state index contributed by atoms with van der Waals surface area (Å²) in [6.07, 6.45) is 1.61. The second-order valence-electron chi connectivity index (χ2n) is 5.18. The molecule has 1 aromatic heterocycles. The number of nitrogens with zero attached hydrogens (tertiary/aromatic N) is 3. The smallest absolute Gasteiger partial charge is 0.246 e. The van der Waals surface area contributed by atoms with Gasteiger partial charge in [0, 0.05) is 26.2 Å². The predicted octanol–water partition coefficient (Wildman–Crippen LogP) is -0.317. The van der Waals surface area contributed by atoms with Crippen LogP contribution in [0.2, 0.25) is 0 Å². The summed E-state index contributed by atoms with van der Waals surface area (Å²) in [7, 11) is -6.95. The Morgan fingerprint density at radius 2 is 1.57 bits per heavy atom. The maximum atomic E-state index is 12.7. The van der Waals surface area contributed by atoms with E-state index in [0.29, 0.717) is 30.9 Å². The van der Waals surface area contributed by atoms with E-state index in [2.05, 4.69) is 10.2 Å². The van der Waals surface area contributed by atoms with E-state index >= 15 is 0 Å². The third-order valence-electron chi connectivity index (χ3n) is 3.54. The largest absolute Gasteiger partial charge is 0.281 e. The Labute approximate surface area is 125 Å². The van der Waals surface area contributed by atoms with Crippen molar-refractivity contribution >= 4 is 20.0 Å². The molecule has 8 nitrogen and oxygen atoms in total. The Hall–Kier alpha value is -0.970. The lowest BCUT2D eigenvalue weighted by atomic mass is 10.4. The monoisotopic (exact) mass is 336 g/mol. The third-order valence-corrected chi connectivity index (χ3v) is 7.01. The SMILES string of the molecule is Cc1n[nH]c(C)c1S(=O)(=O)N1CCCN(S(C)(=O)=O)CC1. The number of aromatic nitrogens is 2. The summed E-state index contributed by atoms with van der Waals surface area (Å²) < 4.78 is 51.2. The zero-order valence-corrected chi connectivity index (χ0v) is 14.0. The van der Waals surface area contributed by atoms with Crippen molar-refractivity contribution in [1.82, 2.24) is 18.8 Å². The molecule has 2 heterocycles. The van der Waals surface area contributed by atoms with Crippen LogP contribution in [-0.2, 0) is 20.0 Å². The topological polar surface area (TPSA) is 103 Å². The average Bonchev–Trinajstić information content (AvgIpc) is 2.60. The molecule has 0 unspecified atom stereocenters. The van der Waals surface area contributed by atoms with Crippen molar-refractivity contribution in [2.24, 2.45) is 0 Å². The molecule has 1 N–H and O–H groups in total. The normalized spacial score (nSPS) is 19.6. The number of rotatable bonds is 3. The van der Waals surface area contributed by atoms with Crippen LogP contribution in [0.25, 0.3) is 0 Å². The molecule has 0 spiro atoms. The van der Waals surface area contributed by atoms with Crippen molar-refractivity contribution in [1.29, 1.82) is 0 Å². The van der Waals surface area contributed by atoms with Gasteiger partial charge in [-0.3, -0.25) is 5.10 Å². The first kappa shape index (κ1) is 16.4. The van der Waals surface area contributed by atoms with E-state index in [-0.39, 0.29) is 18.0 Å². The molecule has 0 atom stereocenters. The molecule has 1 fully saturated rings. The molecule has 0 radical (unpaired) electrons. The summed E-state index contributed by atoms with van der Waals surface area (Å²) in [6, 6.07) is 0. The summed E-state index contributed by atoms with van der Waals surface area (Å²) >= 11 is 0. The number of hydrogen-bond acceptors (Lipinski definition) is 5. The first-order valence-corrected chi connectivity index (χ1v) is 9.89. The van der Waals surface area contributed by atoms with Gasteiger partial charge in [0.25, 0.3) is 0 Å². The van der Waals surface area contributed by atoms with Crippen molar-refractivity contribution < 1.29 is 16.8 Å². The van der Waals surface area contributed by atoms with Crippen LogP contribution in [-0.4, -0.2) is 68.1 Å². The highest BCUT2D eigenvalue weighted by Crippen LogP contribution is 2.23. The molecule has 0 aromatic carbocycles. The fourth-order valence-corrected chi connectivity index (χ4v) is 5.17. The van der Waals surface area contributed by atoms with Crippen LogP contribution in [0.5, 0.6) is 0 Å². The van der Waals surface area contributed by atoms with E-state index in [1.165, 1.54) is 8.61 Å². The van der Waals surface area contributed by atoms with E-state index in [1.807, 2.05) is 0 Å². The molecule has 10 heteroatoms. The number of aromatic amines is 1. The lowest BCUT2D eigenvalue weighted by Gasteiger charge is -2.20. The van der Waals surface area contributed by atoms with Crippen LogP contribution in [0.3, 0.4) is 0 Å². The van der Waals surface area contributed by atoms with Crippen LogP contribution in [0.15, 0.2) is 4.90 Å². The number of H-pyrrole nitrogens is 1. The Bertz CT molecular complexity index is 704. The number of sulfonamides is 2. The molecule has 1 aromatic rings. The van der Waals surface area contributed by atoms with E-state index in [1.54, 1.807) is 13.8 Å². The predicted molar refractivity (Wildman–Crippen MR) is 77.9 cm³/mol. The van der Waals surface area contributed by atoms with Crippen molar-refractivity contribution in [2.75, 3.05) is 32.4 Å². The first-order chi connectivity index (χ1) is 9.64. The molecule has 1 aliphatic rings. The van der Waals surface area contributed by atoms with Crippen LogP contribution >= 0.6 is 0 Å². The fraction of sp³-hybridized carbons (Fsp3) is 0.727. The van der Waals surface area contributed by atoms with Gasteiger partial charge in [0.05, 0.1) is 17.6 Å². The maximum Gasteiger partial charge on any atom is 0.246 e. The minimum Gasteiger partial charge on any atom is -0.281 e. The van der Waals surface area contributed by atoms with Crippen molar-refractivity contribution in [3.05, 3.63) is 11.4 Å². The zero-order chi connectivity index (χ0) is 15.8. The maximum absolute atomic E-state index is 12.7. The van der Waals surface area contributed by atoms with Gasteiger partial charge >= 0.3 is 0 Å². The molecule has 120 valence electrons. The van der Waals surface area contributed by atoms with Gasteiger partial charge < -0.3 is 0 Å². The molecule has 21 heavy (non-hydrogen) atoms. The van der Waals surface area contributed by atoms with Crippen LogP contribution in [0.4, 0.5) is 0 Å². The molecule has 1 aliphatic heterocycles. The molecule has 1 saturated heterocycles. The highest BCUT2D eigenvalue weighted by Gasteiger charge is 2.32. The molecular weight excluding hydrogens is 316 g/mol. The van der Waals surface area contributed by atoms with Crippen LogP contribution in [0, 0.1) is 13.8 Å². The Morgan fingerprint density at radius 1 is 1.00 bits per heavy atom. The lowest BCUT2D eigenvalue weighted by Crippen LogP contribution is -2.37. The van der Waals surface area contributed by atoms with Crippen molar-refractivity contribution in [3.8, 4) is 0 Å². The molecule has 0 aliphatic carbocycles. The highest BCUT2D eigenvalue weighted by molar-refractivity contribution is 7.89. The summed E-state index contributed by atoms with van der Waals surface area (Å²) in [6.45, 7) is 4.27. The minimum absolute atomic E-state index is 0.152. The van der Waals surface area contributed by atoms with Crippen LogP contribution < -0.4 is 0 Å². The van der Waals surface area contributed by atoms with Crippen molar-refractivity contribution in [3.63, 3.8) is 0 Å². The fourth-order valence-electron chi connectivity index (χ4n) is 2.49. The molecule has 2 rings (SSSR count). The second kappa shape index (κ2) is 5.67. The highest BCUT2D eigenvalue weighted by atomic mass is 32.2. The van der Waals surface area contributed by atoms with Gasteiger partial charge in [-0.15, -0.1) is 0 Å². The minimum atomic E-state index is -3.65. The quantitative estimate of drug-likeness (QED) is 0.815. The van der Waals surface area contributed by atoms with Gasteiger partial charge in [-0.25, -0.2) is 21.1 Å². The van der Waals surface area contributed by atoms with E-state index in [4.69, 9.17) is 0 Å². The van der Waals surface area contributed by atoms with Gasteiger partial charge in [-0.2, -0.15) is 9.40 Å². The van der Waals surface area contributed by atoms with Gasteiger partial charge in [0.2, 0.25) is 20.0 Å². The number of hydrogen-bond donors (Lipinski definition) is 1. The standard InChI is InChI=1S/C11H20N4O4S2/c1-9-11(10(2)13-12-9)21(18,19)15-6-4-5-14(7-8-15)20(3,16)17/h4-8H2,1-3H3,(H,12,13). The summed E-state index contributed by atoms with van der Waals surface area (Å²) in [5.41, 5.74) is 0.924. The number of aryl methyl sites for hydroxylation is 2. The van der Waals surface area contributed by atoms with E-state index < -0.39 is 20.0 Å². The summed E-state index contributed by atoms with van der Waals surface area (Å²) in [4.78, 5) is 0.190. The Balaban J connectivity index is 2.27. The Morgan fingerprint density at radius 3 is 2.10 bits per heavy atom. The molecule has 0 saturated carbocycles. The van der Waals surface area contributed by atoms with Gasteiger partial charge in [0.15, 0.2) is 0 Å². The third kappa shape index (κ3) is 3.28. The van der Waals surface area contributed by atoms with Gasteiger partial charge in [-0.05, 0) is 20.3 Å². The van der Waals surface area contributed by atoms with Gasteiger partial charge in [-0.1, -0.05) is 0 Å². The summed E-state index contributed by atoms with van der Waals surface area (Å²) in [5, 5.41) is 6.59. The average molecular weight is 336 g/mol. The molecule has 0 amide bonds. The zero-order valence-electron chi connectivity index (χ0n) is 12.3. The van der Waals surface area contributed by atoms with E-state index in [9.17, 15) is 16.8 Å². The summed E-state index contributed by atoms with van der Waals surface area (Å²) in [5.74, 6) is 0. The van der Waals surface area contributed by atoms with E-state index in [0.717, 1.165) is 6.26 Å². The van der Waals surface area contributed by atoms with Crippen LogP contribution in [0.1, 0.15) is 17.8 Å². The van der Waals surface area contributed by atoms with Gasteiger partial charge in [0.1, 0.15) is 4.90 Å². The first-order valence-electron chi connectivity index (χ1n) is 6.61. The lowest BCUT2D eigenvalue weighted by molar-refractivity contribution is 0.406. The molecular formula is C11H20N4O4S2. The molecule has 0 bridgehead atoms.